The zero-order valence-electron chi connectivity index (χ0n) is 9.41. The molecule has 1 atom stereocenters. The van der Waals surface area contributed by atoms with Gasteiger partial charge >= 0.3 is 0 Å². The zero-order valence-corrected chi connectivity index (χ0v) is 9.41. The van der Waals surface area contributed by atoms with Crippen molar-refractivity contribution < 1.29 is 10.2 Å². The van der Waals surface area contributed by atoms with Gasteiger partial charge in [-0.1, -0.05) is 25.7 Å². The minimum absolute atomic E-state index is 0.102. The number of hydrogen-bond donors (Lipinski definition) is 3. The van der Waals surface area contributed by atoms with Crippen molar-refractivity contribution in [2.75, 3.05) is 0 Å². The lowest BCUT2D eigenvalue weighted by Gasteiger charge is -2.39. The van der Waals surface area contributed by atoms with Gasteiger partial charge in [-0.3, -0.25) is 0 Å². The molecule has 2 aliphatic rings. The molecule has 0 aromatic heterocycles. The molecule has 2 saturated carbocycles. The zero-order chi connectivity index (χ0) is 10.7. The van der Waals surface area contributed by atoms with E-state index in [0.717, 1.165) is 19.3 Å². The molecule has 3 nitrogen and oxygen atoms in total. The summed E-state index contributed by atoms with van der Waals surface area (Å²) in [4.78, 5) is 0. The number of rotatable bonds is 2. The summed E-state index contributed by atoms with van der Waals surface area (Å²) in [6.45, 7) is 0. The van der Waals surface area contributed by atoms with Gasteiger partial charge in [-0.25, -0.2) is 0 Å². The molecule has 1 unspecified atom stereocenters. The summed E-state index contributed by atoms with van der Waals surface area (Å²) in [6.07, 6.45) is 9.80. The molecule has 0 saturated heterocycles. The van der Waals surface area contributed by atoms with Crippen molar-refractivity contribution in [1.29, 1.82) is 0 Å². The highest BCUT2D eigenvalue weighted by Crippen LogP contribution is 2.28. The molecule has 2 aliphatic carbocycles. The molecule has 2 rings (SSSR count). The van der Waals surface area contributed by atoms with Gasteiger partial charge in [0.15, 0.2) is 5.79 Å². The molecular formula is C12H23NO2. The summed E-state index contributed by atoms with van der Waals surface area (Å²) in [5.41, 5.74) is 0. The number of nitrogens with one attached hydrogen (secondary N) is 1. The Morgan fingerprint density at radius 1 is 0.867 bits per heavy atom. The summed E-state index contributed by atoms with van der Waals surface area (Å²) >= 11 is 0. The van der Waals surface area contributed by atoms with Gasteiger partial charge in [0.25, 0.3) is 0 Å². The van der Waals surface area contributed by atoms with E-state index in [1.165, 1.54) is 32.1 Å². The van der Waals surface area contributed by atoms with Crippen LogP contribution in [0.2, 0.25) is 0 Å². The van der Waals surface area contributed by atoms with E-state index in [9.17, 15) is 10.2 Å². The third-order valence-corrected chi connectivity index (χ3v) is 3.89. The Morgan fingerprint density at radius 2 is 1.53 bits per heavy atom. The van der Waals surface area contributed by atoms with E-state index in [-0.39, 0.29) is 6.04 Å². The predicted molar refractivity (Wildman–Crippen MR) is 59.4 cm³/mol. The third-order valence-electron chi connectivity index (χ3n) is 3.89. The Kier molecular flexibility index (Phi) is 3.65. The maximum atomic E-state index is 9.86. The van der Waals surface area contributed by atoms with Crippen molar-refractivity contribution in [3.63, 3.8) is 0 Å². The molecule has 0 bridgehead atoms. The Hall–Kier alpha value is -0.120. The van der Waals surface area contributed by atoms with Gasteiger partial charge in [0.05, 0.1) is 6.04 Å². The monoisotopic (exact) mass is 213 g/mol. The second-order valence-electron chi connectivity index (χ2n) is 5.18. The first-order valence-electron chi connectivity index (χ1n) is 6.39. The standard InChI is InChI=1S/C12H23NO2/c14-12(15)9-5-4-8-11(12)13-10-6-2-1-3-7-10/h10-11,13-15H,1-9H2. The molecule has 0 heterocycles. The van der Waals surface area contributed by atoms with Crippen molar-refractivity contribution in [3.8, 4) is 0 Å². The summed E-state index contributed by atoms with van der Waals surface area (Å²) in [7, 11) is 0. The Balaban J connectivity index is 1.85. The summed E-state index contributed by atoms with van der Waals surface area (Å²) in [5.74, 6) is -1.46. The fraction of sp³-hybridized carbons (Fsp3) is 1.00. The van der Waals surface area contributed by atoms with Gasteiger partial charge in [0, 0.05) is 12.5 Å². The largest absolute Gasteiger partial charge is 0.364 e. The molecule has 0 aromatic rings. The maximum absolute atomic E-state index is 9.86. The second kappa shape index (κ2) is 4.81. The molecule has 3 heteroatoms. The minimum Gasteiger partial charge on any atom is -0.364 e. The van der Waals surface area contributed by atoms with E-state index in [0.29, 0.717) is 12.5 Å². The summed E-state index contributed by atoms with van der Waals surface area (Å²) in [6, 6.07) is 0.412. The molecule has 0 aromatic carbocycles. The van der Waals surface area contributed by atoms with Crippen molar-refractivity contribution in [2.45, 2.75) is 75.7 Å². The van der Waals surface area contributed by atoms with E-state index in [4.69, 9.17) is 0 Å². The topological polar surface area (TPSA) is 52.5 Å². The van der Waals surface area contributed by atoms with Crippen LogP contribution in [0.5, 0.6) is 0 Å². The SMILES string of the molecule is OC1(O)CCCCC1NC1CCCCC1. The predicted octanol–water partition coefficient (Wildman–Crippen LogP) is 1.53. The highest BCUT2D eigenvalue weighted by atomic mass is 16.5. The van der Waals surface area contributed by atoms with Gasteiger partial charge in [-0.2, -0.15) is 0 Å². The van der Waals surface area contributed by atoms with Crippen LogP contribution >= 0.6 is 0 Å². The van der Waals surface area contributed by atoms with Gasteiger partial charge in [-0.15, -0.1) is 0 Å². The van der Waals surface area contributed by atoms with Crippen LogP contribution in [-0.2, 0) is 0 Å². The molecule has 3 N–H and O–H groups in total. The quantitative estimate of drug-likeness (QED) is 0.610. The first-order chi connectivity index (χ1) is 7.18. The Labute approximate surface area is 91.9 Å². The van der Waals surface area contributed by atoms with E-state index in [1.54, 1.807) is 0 Å². The van der Waals surface area contributed by atoms with Crippen LogP contribution in [-0.4, -0.2) is 28.1 Å². The van der Waals surface area contributed by atoms with Crippen LogP contribution < -0.4 is 5.32 Å². The minimum atomic E-state index is -1.46. The maximum Gasteiger partial charge on any atom is 0.178 e. The van der Waals surface area contributed by atoms with Crippen LogP contribution in [0.15, 0.2) is 0 Å². The molecule has 88 valence electrons. The Bertz CT molecular complexity index is 200. The molecule has 15 heavy (non-hydrogen) atoms. The number of aliphatic hydroxyl groups is 2. The van der Waals surface area contributed by atoms with Crippen molar-refractivity contribution in [2.24, 2.45) is 0 Å². The average molecular weight is 213 g/mol. The van der Waals surface area contributed by atoms with Gasteiger partial charge < -0.3 is 15.5 Å². The van der Waals surface area contributed by atoms with Crippen LogP contribution in [0.1, 0.15) is 57.8 Å². The van der Waals surface area contributed by atoms with E-state index in [2.05, 4.69) is 5.32 Å². The summed E-state index contributed by atoms with van der Waals surface area (Å²) in [5, 5.41) is 23.2. The van der Waals surface area contributed by atoms with Crippen LogP contribution in [0.25, 0.3) is 0 Å². The van der Waals surface area contributed by atoms with Crippen molar-refractivity contribution >= 4 is 0 Å². The first kappa shape index (κ1) is 11.4. The smallest absolute Gasteiger partial charge is 0.178 e. The van der Waals surface area contributed by atoms with Crippen molar-refractivity contribution in [3.05, 3.63) is 0 Å². The fourth-order valence-electron chi connectivity index (χ4n) is 2.91. The third kappa shape index (κ3) is 2.92. The highest BCUT2D eigenvalue weighted by Gasteiger charge is 2.37. The van der Waals surface area contributed by atoms with Crippen LogP contribution in [0, 0.1) is 0 Å². The van der Waals surface area contributed by atoms with Crippen LogP contribution in [0.4, 0.5) is 0 Å². The average Bonchev–Trinajstić information content (AvgIpc) is 2.23. The molecule has 0 radical (unpaired) electrons. The molecule has 0 amide bonds. The van der Waals surface area contributed by atoms with Gasteiger partial charge in [-0.05, 0) is 25.7 Å². The Morgan fingerprint density at radius 3 is 2.20 bits per heavy atom. The van der Waals surface area contributed by atoms with Crippen molar-refractivity contribution in [1.82, 2.24) is 5.32 Å². The van der Waals surface area contributed by atoms with Crippen LogP contribution in [0.3, 0.4) is 0 Å². The normalized spacial score (nSPS) is 32.8. The molecule has 0 spiro atoms. The lowest BCUT2D eigenvalue weighted by Crippen LogP contribution is -2.55. The van der Waals surface area contributed by atoms with E-state index in [1.807, 2.05) is 0 Å². The van der Waals surface area contributed by atoms with E-state index < -0.39 is 5.79 Å². The molecular weight excluding hydrogens is 190 g/mol. The van der Waals surface area contributed by atoms with Gasteiger partial charge in [0.2, 0.25) is 0 Å². The second-order valence-corrected chi connectivity index (χ2v) is 5.18. The van der Waals surface area contributed by atoms with E-state index >= 15 is 0 Å². The fourth-order valence-corrected chi connectivity index (χ4v) is 2.91. The molecule has 0 aliphatic heterocycles. The van der Waals surface area contributed by atoms with Gasteiger partial charge in [0.1, 0.15) is 0 Å². The first-order valence-corrected chi connectivity index (χ1v) is 6.39. The highest BCUT2D eigenvalue weighted by molar-refractivity contribution is 4.89. The summed E-state index contributed by atoms with van der Waals surface area (Å²) < 4.78 is 0. The lowest BCUT2D eigenvalue weighted by atomic mass is 9.87. The lowest BCUT2D eigenvalue weighted by molar-refractivity contribution is -0.201. The number of hydrogen-bond acceptors (Lipinski definition) is 3. The molecule has 2 fully saturated rings.